The van der Waals surface area contributed by atoms with Gasteiger partial charge in [-0.3, -0.25) is 9.55 Å². The molecule has 0 aliphatic rings. The van der Waals surface area contributed by atoms with Crippen LogP contribution in [0.15, 0.2) is 24.4 Å². The van der Waals surface area contributed by atoms with Gasteiger partial charge in [-0.05, 0) is 26.0 Å². The van der Waals surface area contributed by atoms with Crippen LogP contribution in [0, 0.1) is 0 Å². The average Bonchev–Trinajstić information content (AvgIpc) is 2.28. The van der Waals surface area contributed by atoms with Gasteiger partial charge in [-0.2, -0.15) is 0 Å². The molecule has 6 heteroatoms. The summed E-state index contributed by atoms with van der Waals surface area (Å²) in [5.74, 6) is 0. The summed E-state index contributed by atoms with van der Waals surface area (Å²) in [5, 5.41) is -0.235. The highest BCUT2D eigenvalue weighted by molar-refractivity contribution is 7.57. The third kappa shape index (κ3) is 4.25. The van der Waals surface area contributed by atoms with Gasteiger partial charge in [0, 0.05) is 6.20 Å². The molecule has 0 saturated carbocycles. The smallest absolute Gasteiger partial charge is 0.309 e. The second-order valence-corrected chi connectivity index (χ2v) is 13.3. The molecular weight excluding hydrogens is 277 g/mol. The number of hydrogen-bond donors (Lipinski definition) is 0. The van der Waals surface area contributed by atoms with Crippen LogP contribution in [-0.4, -0.2) is 26.3 Å². The van der Waals surface area contributed by atoms with E-state index in [-0.39, 0.29) is 5.28 Å². The van der Waals surface area contributed by atoms with Crippen LogP contribution < -0.4 is 0 Å². The van der Waals surface area contributed by atoms with E-state index in [0.717, 1.165) is 5.69 Å². The summed E-state index contributed by atoms with van der Waals surface area (Å²) >= 11 is 0. The Morgan fingerprint density at radius 3 is 2.16 bits per heavy atom. The van der Waals surface area contributed by atoms with Gasteiger partial charge in [-0.15, -0.1) is 0 Å². The molecule has 0 aromatic carbocycles. The van der Waals surface area contributed by atoms with Crippen molar-refractivity contribution in [3.05, 3.63) is 30.1 Å². The van der Waals surface area contributed by atoms with Gasteiger partial charge < -0.3 is 9.05 Å². The molecule has 0 fully saturated rings. The van der Waals surface area contributed by atoms with Gasteiger partial charge in [-0.25, -0.2) is 0 Å². The minimum atomic E-state index is -3.17. The van der Waals surface area contributed by atoms with Gasteiger partial charge in [0.2, 0.25) is 0 Å². The molecule has 0 radical (unpaired) electrons. The maximum atomic E-state index is 13.1. The fourth-order valence-electron chi connectivity index (χ4n) is 2.16. The molecule has 1 aromatic heterocycles. The standard InChI is InChI=1S/C13H24NO3PSi/c1-6-16-18(15,17-7-2)13(19(3,4)5)12-10-8-9-11-14-12/h8-11,13H,6-7H2,1-5H3. The van der Waals surface area contributed by atoms with Gasteiger partial charge >= 0.3 is 7.60 Å². The summed E-state index contributed by atoms with van der Waals surface area (Å²) < 4.78 is 24.2. The Labute approximate surface area is 117 Å². The molecule has 0 aliphatic heterocycles. The Bertz CT molecular complexity index is 423. The van der Waals surface area contributed by atoms with Crippen molar-refractivity contribution in [3.8, 4) is 0 Å². The van der Waals surface area contributed by atoms with Gasteiger partial charge in [0.05, 0.1) is 32.3 Å². The Morgan fingerprint density at radius 1 is 1.21 bits per heavy atom. The van der Waals surface area contributed by atoms with Crippen molar-refractivity contribution in [2.45, 2.75) is 38.8 Å². The van der Waals surface area contributed by atoms with Crippen molar-refractivity contribution in [2.75, 3.05) is 13.2 Å². The second kappa shape index (κ2) is 6.80. The van der Waals surface area contributed by atoms with Crippen LogP contribution in [0.5, 0.6) is 0 Å². The highest BCUT2D eigenvalue weighted by atomic mass is 31.2. The van der Waals surface area contributed by atoms with Gasteiger partial charge in [0.25, 0.3) is 0 Å². The van der Waals surface area contributed by atoms with Crippen LogP contribution in [0.2, 0.25) is 19.6 Å². The summed E-state index contributed by atoms with van der Waals surface area (Å²) in [5.41, 5.74) is 0.812. The molecule has 0 spiro atoms. The molecule has 4 nitrogen and oxygen atoms in total. The van der Waals surface area contributed by atoms with Crippen molar-refractivity contribution >= 4 is 15.7 Å². The zero-order chi connectivity index (χ0) is 14.5. The van der Waals surface area contributed by atoms with E-state index in [0.29, 0.717) is 13.2 Å². The predicted molar refractivity (Wildman–Crippen MR) is 81.2 cm³/mol. The zero-order valence-electron chi connectivity index (χ0n) is 12.4. The molecule has 108 valence electrons. The lowest BCUT2D eigenvalue weighted by atomic mass is 10.4. The molecule has 0 bridgehead atoms. The van der Waals surface area contributed by atoms with Crippen LogP contribution in [-0.2, 0) is 13.6 Å². The third-order valence-electron chi connectivity index (χ3n) is 2.72. The first-order chi connectivity index (χ1) is 8.85. The van der Waals surface area contributed by atoms with Gasteiger partial charge in [0.15, 0.2) is 0 Å². The number of nitrogens with zero attached hydrogens (tertiary/aromatic N) is 1. The van der Waals surface area contributed by atoms with Crippen LogP contribution >= 0.6 is 7.60 Å². The Morgan fingerprint density at radius 2 is 1.79 bits per heavy atom. The molecule has 1 aromatic rings. The predicted octanol–water partition coefficient (Wildman–Crippen LogP) is 4.27. The lowest BCUT2D eigenvalue weighted by Gasteiger charge is -2.33. The highest BCUT2D eigenvalue weighted by Gasteiger charge is 2.46. The first kappa shape index (κ1) is 16.6. The Hall–Kier alpha value is -0.483. The topological polar surface area (TPSA) is 48.4 Å². The normalized spacial score (nSPS) is 14.4. The zero-order valence-corrected chi connectivity index (χ0v) is 14.3. The fourth-order valence-corrected chi connectivity index (χ4v) is 9.03. The van der Waals surface area contributed by atoms with Gasteiger partial charge in [0.1, 0.15) is 0 Å². The number of pyridine rings is 1. The van der Waals surface area contributed by atoms with E-state index in [2.05, 4.69) is 24.6 Å². The number of aromatic nitrogens is 1. The van der Waals surface area contributed by atoms with E-state index in [1.807, 2.05) is 32.0 Å². The molecule has 19 heavy (non-hydrogen) atoms. The maximum Gasteiger partial charge on any atom is 0.336 e. The summed E-state index contributed by atoms with van der Waals surface area (Å²) in [6, 6.07) is 5.68. The van der Waals surface area contributed by atoms with E-state index in [4.69, 9.17) is 9.05 Å². The van der Waals surface area contributed by atoms with Crippen molar-refractivity contribution in [1.82, 2.24) is 4.98 Å². The van der Waals surface area contributed by atoms with E-state index in [1.165, 1.54) is 0 Å². The lowest BCUT2D eigenvalue weighted by Crippen LogP contribution is -2.32. The van der Waals surface area contributed by atoms with Crippen molar-refractivity contribution in [3.63, 3.8) is 0 Å². The van der Waals surface area contributed by atoms with Crippen LogP contribution in [0.1, 0.15) is 24.8 Å². The van der Waals surface area contributed by atoms with Crippen molar-refractivity contribution in [2.24, 2.45) is 0 Å². The molecule has 1 atom stereocenters. The number of rotatable bonds is 7. The van der Waals surface area contributed by atoms with Crippen LogP contribution in [0.3, 0.4) is 0 Å². The lowest BCUT2D eigenvalue weighted by molar-refractivity contribution is 0.217. The van der Waals surface area contributed by atoms with Crippen LogP contribution in [0.4, 0.5) is 0 Å². The monoisotopic (exact) mass is 301 g/mol. The summed E-state index contributed by atoms with van der Waals surface area (Å²) in [6.07, 6.45) is 1.73. The summed E-state index contributed by atoms with van der Waals surface area (Å²) in [7, 11) is -4.99. The molecule has 1 unspecified atom stereocenters. The quantitative estimate of drug-likeness (QED) is 0.557. The van der Waals surface area contributed by atoms with E-state index < -0.39 is 15.7 Å². The Kier molecular flexibility index (Phi) is 5.93. The minimum absolute atomic E-state index is 0.235. The summed E-state index contributed by atoms with van der Waals surface area (Å²) in [4.78, 5) is 4.38. The summed E-state index contributed by atoms with van der Waals surface area (Å²) in [6.45, 7) is 10.9. The van der Waals surface area contributed by atoms with E-state index >= 15 is 0 Å². The first-order valence-electron chi connectivity index (χ1n) is 6.65. The van der Waals surface area contributed by atoms with Crippen molar-refractivity contribution < 1.29 is 13.6 Å². The highest BCUT2D eigenvalue weighted by Crippen LogP contribution is 2.63. The van der Waals surface area contributed by atoms with Crippen molar-refractivity contribution in [1.29, 1.82) is 0 Å². The van der Waals surface area contributed by atoms with E-state index in [1.54, 1.807) is 6.20 Å². The molecule has 0 aliphatic carbocycles. The average molecular weight is 301 g/mol. The largest absolute Gasteiger partial charge is 0.336 e. The maximum absolute atomic E-state index is 13.1. The number of hydrogen-bond acceptors (Lipinski definition) is 4. The van der Waals surface area contributed by atoms with Gasteiger partial charge in [-0.1, -0.05) is 25.7 Å². The minimum Gasteiger partial charge on any atom is -0.309 e. The molecule has 1 rings (SSSR count). The van der Waals surface area contributed by atoms with E-state index in [9.17, 15) is 4.57 Å². The molecule has 0 saturated heterocycles. The SMILES string of the molecule is CCOP(=O)(OCC)C(c1ccccn1)[Si](C)(C)C. The molecule has 0 amide bonds. The molecule has 1 heterocycles. The van der Waals surface area contributed by atoms with Crippen LogP contribution in [0.25, 0.3) is 0 Å². The second-order valence-electron chi connectivity index (χ2n) is 5.40. The third-order valence-corrected chi connectivity index (χ3v) is 10.1. The first-order valence-corrected chi connectivity index (χ1v) is 11.8. The Balaban J connectivity index is 3.27. The fraction of sp³-hybridized carbons (Fsp3) is 0.615. The molecule has 0 N–H and O–H groups in total. The molecular formula is C13H24NO3PSi.